The molecule has 45 heavy (non-hydrogen) atoms. The topological polar surface area (TPSA) is 80.6 Å². The first-order valence-corrected chi connectivity index (χ1v) is 14.9. The number of carbonyl (C=O) groups excluding carboxylic acids is 1. The van der Waals surface area contributed by atoms with Crippen LogP contribution in [0.15, 0.2) is 97.2 Å². The molecule has 230 valence electrons. The van der Waals surface area contributed by atoms with Gasteiger partial charge in [-0.25, -0.2) is 4.98 Å². The molecule has 0 radical (unpaired) electrons. The fourth-order valence-electron chi connectivity index (χ4n) is 5.71. The Labute approximate surface area is 263 Å². The van der Waals surface area contributed by atoms with Crippen molar-refractivity contribution in [3.8, 4) is 28.5 Å². The number of benzene rings is 3. The van der Waals surface area contributed by atoms with E-state index in [4.69, 9.17) is 19.2 Å². The Bertz CT molecular complexity index is 1770. The van der Waals surface area contributed by atoms with Gasteiger partial charge in [-0.15, -0.1) is 0 Å². The number of ether oxygens (including phenoxy) is 3. The second kappa shape index (κ2) is 13.6. The molecule has 1 fully saturated rings. The summed E-state index contributed by atoms with van der Waals surface area (Å²) in [7, 11) is 4.67. The first-order valence-electron chi connectivity index (χ1n) is 14.9. The van der Waals surface area contributed by atoms with E-state index in [9.17, 15) is 4.79 Å². The number of hydrogen-bond acceptors (Lipinski definition) is 7. The normalized spacial score (nSPS) is 13.7. The zero-order valence-corrected chi connectivity index (χ0v) is 25.8. The Morgan fingerprint density at radius 1 is 0.844 bits per heavy atom. The van der Waals surface area contributed by atoms with Crippen LogP contribution in [0.4, 0.5) is 11.4 Å². The summed E-state index contributed by atoms with van der Waals surface area (Å²) in [5.74, 6) is 1.29. The average molecular weight is 604 g/mol. The van der Waals surface area contributed by atoms with Gasteiger partial charge in [-0.1, -0.05) is 36.4 Å². The van der Waals surface area contributed by atoms with E-state index in [1.54, 1.807) is 39.5 Å². The third kappa shape index (κ3) is 6.63. The van der Waals surface area contributed by atoms with Crippen LogP contribution in [0.5, 0.6) is 17.2 Å². The van der Waals surface area contributed by atoms with Crippen molar-refractivity contribution in [1.82, 2.24) is 14.3 Å². The van der Waals surface area contributed by atoms with Crippen molar-refractivity contribution in [3.63, 3.8) is 0 Å². The molecule has 0 bridgehead atoms. The van der Waals surface area contributed by atoms with Crippen LogP contribution in [0.1, 0.15) is 11.3 Å². The minimum absolute atomic E-state index is 0.250. The zero-order valence-electron chi connectivity index (χ0n) is 25.8. The van der Waals surface area contributed by atoms with Gasteiger partial charge in [0.15, 0.2) is 11.5 Å². The van der Waals surface area contributed by atoms with E-state index in [-0.39, 0.29) is 5.91 Å². The number of piperazine rings is 1. The number of anilines is 2. The lowest BCUT2D eigenvalue weighted by molar-refractivity contribution is -0.111. The summed E-state index contributed by atoms with van der Waals surface area (Å²) in [6, 6.07) is 28.1. The molecular formula is C36H37N5O4. The third-order valence-electron chi connectivity index (χ3n) is 8.04. The van der Waals surface area contributed by atoms with Crippen LogP contribution < -0.4 is 24.4 Å². The van der Waals surface area contributed by atoms with E-state index >= 15 is 0 Å². The molecule has 0 aliphatic carbocycles. The highest BCUT2D eigenvalue weighted by molar-refractivity contribution is 6.02. The predicted octanol–water partition coefficient (Wildman–Crippen LogP) is 6.00. The van der Waals surface area contributed by atoms with Gasteiger partial charge in [0, 0.05) is 61.9 Å². The minimum atomic E-state index is -0.250. The van der Waals surface area contributed by atoms with E-state index in [2.05, 4.69) is 56.0 Å². The number of imidazole rings is 1. The van der Waals surface area contributed by atoms with Crippen LogP contribution in [-0.4, -0.2) is 67.7 Å². The first kappa shape index (κ1) is 29.8. The van der Waals surface area contributed by atoms with Crippen molar-refractivity contribution in [2.45, 2.75) is 6.54 Å². The molecule has 0 saturated carbocycles. The van der Waals surface area contributed by atoms with Crippen molar-refractivity contribution >= 4 is 29.0 Å². The van der Waals surface area contributed by atoms with Gasteiger partial charge in [-0.3, -0.25) is 9.69 Å². The number of methoxy groups -OCH3 is 3. The van der Waals surface area contributed by atoms with Gasteiger partial charge in [0.2, 0.25) is 11.7 Å². The van der Waals surface area contributed by atoms with Gasteiger partial charge in [-0.05, 0) is 60.2 Å². The second-order valence-corrected chi connectivity index (χ2v) is 10.8. The minimum Gasteiger partial charge on any atom is -0.493 e. The zero-order chi connectivity index (χ0) is 31.2. The molecule has 9 nitrogen and oxygen atoms in total. The summed E-state index contributed by atoms with van der Waals surface area (Å²) in [6.45, 7) is 4.72. The largest absolute Gasteiger partial charge is 0.493 e. The Morgan fingerprint density at radius 2 is 1.53 bits per heavy atom. The number of hydrogen-bond donors (Lipinski definition) is 1. The summed E-state index contributed by atoms with van der Waals surface area (Å²) in [5.41, 5.74) is 6.74. The fraction of sp³-hybridized carbons (Fsp3) is 0.222. The third-order valence-corrected chi connectivity index (χ3v) is 8.04. The van der Waals surface area contributed by atoms with E-state index in [1.165, 1.54) is 11.8 Å². The maximum atomic E-state index is 12.8. The van der Waals surface area contributed by atoms with Crippen LogP contribution in [0, 0.1) is 0 Å². The molecule has 1 aliphatic heterocycles. The summed E-state index contributed by atoms with van der Waals surface area (Å²) in [4.78, 5) is 22.7. The summed E-state index contributed by atoms with van der Waals surface area (Å²) in [6.07, 6.45) is 5.26. The van der Waals surface area contributed by atoms with Crippen molar-refractivity contribution in [3.05, 3.63) is 108 Å². The lowest BCUT2D eigenvalue weighted by Gasteiger charge is -2.36. The van der Waals surface area contributed by atoms with Crippen molar-refractivity contribution in [2.24, 2.45) is 0 Å². The predicted molar refractivity (Wildman–Crippen MR) is 178 cm³/mol. The van der Waals surface area contributed by atoms with E-state index in [1.807, 2.05) is 42.5 Å². The quantitative estimate of drug-likeness (QED) is 0.196. The van der Waals surface area contributed by atoms with Gasteiger partial charge < -0.3 is 28.8 Å². The summed E-state index contributed by atoms with van der Waals surface area (Å²) in [5, 5.41) is 2.94. The highest BCUT2D eigenvalue weighted by atomic mass is 16.5. The van der Waals surface area contributed by atoms with Crippen LogP contribution in [0.2, 0.25) is 0 Å². The maximum absolute atomic E-state index is 12.8. The highest BCUT2D eigenvalue weighted by Crippen LogP contribution is 2.38. The molecule has 0 unspecified atom stereocenters. The second-order valence-electron chi connectivity index (χ2n) is 10.8. The molecule has 3 heterocycles. The number of nitrogens with one attached hydrogen (secondary N) is 1. The lowest BCUT2D eigenvalue weighted by Crippen LogP contribution is -2.46. The Balaban J connectivity index is 1.15. The van der Waals surface area contributed by atoms with Crippen molar-refractivity contribution < 1.29 is 19.0 Å². The molecule has 2 aromatic heterocycles. The summed E-state index contributed by atoms with van der Waals surface area (Å²) < 4.78 is 18.4. The van der Waals surface area contributed by atoms with Crippen molar-refractivity contribution in [1.29, 1.82) is 0 Å². The van der Waals surface area contributed by atoms with Crippen LogP contribution in [0.25, 0.3) is 23.0 Å². The average Bonchev–Trinajstić information content (AvgIpc) is 3.45. The van der Waals surface area contributed by atoms with E-state index in [0.717, 1.165) is 60.9 Å². The Kier molecular flexibility index (Phi) is 8.98. The molecule has 1 aliphatic rings. The number of rotatable bonds is 10. The van der Waals surface area contributed by atoms with Gasteiger partial charge in [0.25, 0.3) is 0 Å². The molecular weight excluding hydrogens is 566 g/mol. The molecule has 1 saturated heterocycles. The smallest absolute Gasteiger partial charge is 0.248 e. The molecule has 0 atom stereocenters. The van der Waals surface area contributed by atoms with Crippen LogP contribution >= 0.6 is 0 Å². The maximum Gasteiger partial charge on any atom is 0.248 e. The van der Waals surface area contributed by atoms with Crippen molar-refractivity contribution in [2.75, 3.05) is 57.7 Å². The monoisotopic (exact) mass is 603 g/mol. The molecule has 9 heteroatoms. The molecule has 6 rings (SSSR count). The number of fused-ring (bicyclic) bond motifs is 1. The SMILES string of the molecule is COc1cc(/C=C/C(=O)Nc2ccc(-c3nc4ccccn4c3CN3CCN(c4ccccc4)CC3)cc2)cc(OC)c1OC. The number of aromatic nitrogens is 2. The number of pyridine rings is 1. The molecule has 1 amide bonds. The van der Waals surface area contributed by atoms with E-state index in [0.29, 0.717) is 22.9 Å². The number of amides is 1. The number of nitrogens with zero attached hydrogens (tertiary/aromatic N) is 4. The van der Waals surface area contributed by atoms with Crippen LogP contribution in [0.3, 0.4) is 0 Å². The van der Waals surface area contributed by atoms with Gasteiger partial charge in [-0.2, -0.15) is 0 Å². The Hall–Kier alpha value is -5.28. The lowest BCUT2D eigenvalue weighted by atomic mass is 10.1. The first-order chi connectivity index (χ1) is 22.1. The number of carbonyl (C=O) groups is 1. The van der Waals surface area contributed by atoms with Crippen LogP contribution in [-0.2, 0) is 11.3 Å². The van der Waals surface area contributed by atoms with Gasteiger partial charge >= 0.3 is 0 Å². The Morgan fingerprint density at radius 3 is 2.20 bits per heavy atom. The number of para-hydroxylation sites is 1. The van der Waals surface area contributed by atoms with Gasteiger partial charge in [0.1, 0.15) is 5.65 Å². The highest BCUT2D eigenvalue weighted by Gasteiger charge is 2.21. The molecule has 1 N–H and O–H groups in total. The fourth-order valence-corrected chi connectivity index (χ4v) is 5.71. The summed E-state index contributed by atoms with van der Waals surface area (Å²) >= 11 is 0. The van der Waals surface area contributed by atoms with E-state index < -0.39 is 0 Å². The molecule has 3 aromatic carbocycles. The van der Waals surface area contributed by atoms with Gasteiger partial charge in [0.05, 0.1) is 32.7 Å². The molecule has 0 spiro atoms. The molecule has 5 aromatic rings. The standard InChI is InChI=1S/C36H37N5O4/c1-43-31-23-26(24-32(44-2)36(31)45-3)12-17-34(42)37-28-15-13-27(14-16-28)35-30(41-18-8-7-11-33(41)38-35)25-39-19-21-40(22-20-39)29-9-5-4-6-10-29/h4-18,23-24H,19-22,25H2,1-3H3,(H,37,42)/b17-12+.